The molecule has 0 amide bonds. The van der Waals surface area contributed by atoms with Crippen LogP contribution in [0.25, 0.3) is 0 Å². The third-order valence-corrected chi connectivity index (χ3v) is 5.27. The zero-order chi connectivity index (χ0) is 16.1. The zero-order valence-electron chi connectivity index (χ0n) is 13.0. The Morgan fingerprint density at radius 2 is 1.96 bits per heavy atom. The van der Waals surface area contributed by atoms with Crippen LogP contribution in [-0.2, 0) is 13.0 Å². The van der Waals surface area contributed by atoms with Gasteiger partial charge in [0.1, 0.15) is 12.4 Å². The van der Waals surface area contributed by atoms with Crippen LogP contribution in [0.15, 0.2) is 46.9 Å². The van der Waals surface area contributed by atoms with Crippen molar-refractivity contribution in [3.05, 3.63) is 63.1 Å². The predicted molar refractivity (Wildman–Crippen MR) is 99.2 cm³/mol. The van der Waals surface area contributed by atoms with Crippen LogP contribution in [0.2, 0.25) is 5.02 Å². The minimum Gasteiger partial charge on any atom is -0.489 e. The summed E-state index contributed by atoms with van der Waals surface area (Å²) in [5.41, 5.74) is 2.40. The number of para-hydroxylation sites is 1. The summed E-state index contributed by atoms with van der Waals surface area (Å²) < 4.78 is 7.04. The third-order valence-electron chi connectivity index (χ3n) is 4.30. The molecule has 0 aliphatic carbocycles. The standard InChI is InChI=1S/C19H21BrClNO/c20-18-10-17(21)9-8-16(18)13-23-19-7-2-1-5-15(19)6-3-4-14-11-22-12-14/h1-2,5,7-10,14,22H,3-4,6,11-13H2. The molecule has 2 aromatic rings. The molecule has 0 radical (unpaired) electrons. The summed E-state index contributed by atoms with van der Waals surface area (Å²) in [7, 11) is 0. The highest BCUT2D eigenvalue weighted by Crippen LogP contribution is 2.26. The van der Waals surface area contributed by atoms with Crippen molar-refractivity contribution in [2.75, 3.05) is 13.1 Å². The van der Waals surface area contributed by atoms with Crippen molar-refractivity contribution in [2.24, 2.45) is 5.92 Å². The molecular weight excluding hydrogens is 374 g/mol. The fourth-order valence-electron chi connectivity index (χ4n) is 2.78. The number of halogens is 2. The molecule has 3 rings (SSSR count). The molecule has 1 aliphatic rings. The van der Waals surface area contributed by atoms with Gasteiger partial charge in [-0.1, -0.05) is 51.8 Å². The van der Waals surface area contributed by atoms with Crippen LogP contribution in [0.4, 0.5) is 0 Å². The Morgan fingerprint density at radius 1 is 1.13 bits per heavy atom. The number of rotatable bonds is 7. The molecule has 0 unspecified atom stereocenters. The molecule has 2 nitrogen and oxygen atoms in total. The number of nitrogens with one attached hydrogen (secondary N) is 1. The zero-order valence-corrected chi connectivity index (χ0v) is 15.4. The van der Waals surface area contributed by atoms with Gasteiger partial charge in [0, 0.05) is 15.1 Å². The van der Waals surface area contributed by atoms with Crippen LogP contribution in [0.3, 0.4) is 0 Å². The largest absolute Gasteiger partial charge is 0.489 e. The van der Waals surface area contributed by atoms with Gasteiger partial charge >= 0.3 is 0 Å². The lowest BCUT2D eigenvalue weighted by Gasteiger charge is -2.27. The first-order valence-corrected chi connectivity index (χ1v) is 9.25. The molecule has 122 valence electrons. The lowest BCUT2D eigenvalue weighted by Crippen LogP contribution is -2.41. The van der Waals surface area contributed by atoms with Gasteiger partial charge in [-0.15, -0.1) is 0 Å². The fourth-order valence-corrected chi connectivity index (χ4v) is 3.58. The summed E-state index contributed by atoms with van der Waals surface area (Å²) in [6, 6.07) is 14.1. The fraction of sp³-hybridized carbons (Fsp3) is 0.368. The van der Waals surface area contributed by atoms with Gasteiger partial charge in [-0.05, 0) is 62.0 Å². The molecule has 1 fully saturated rings. The number of hydrogen-bond donors (Lipinski definition) is 1. The van der Waals surface area contributed by atoms with Gasteiger partial charge in [0.25, 0.3) is 0 Å². The first-order valence-electron chi connectivity index (χ1n) is 8.08. The number of aryl methyl sites for hydroxylation is 1. The molecule has 0 saturated carbocycles. The van der Waals surface area contributed by atoms with E-state index in [2.05, 4.69) is 39.4 Å². The van der Waals surface area contributed by atoms with E-state index in [1.807, 2.05) is 24.3 Å². The van der Waals surface area contributed by atoms with E-state index in [4.69, 9.17) is 16.3 Å². The quantitative estimate of drug-likeness (QED) is 0.695. The highest BCUT2D eigenvalue weighted by molar-refractivity contribution is 9.10. The second-order valence-corrected chi connectivity index (χ2v) is 7.34. The summed E-state index contributed by atoms with van der Waals surface area (Å²) in [5, 5.41) is 4.06. The summed E-state index contributed by atoms with van der Waals surface area (Å²) in [6.07, 6.45) is 3.59. The molecule has 1 aliphatic heterocycles. The van der Waals surface area contributed by atoms with Crippen molar-refractivity contribution in [3.8, 4) is 5.75 Å². The lowest BCUT2D eigenvalue weighted by atomic mass is 9.95. The Balaban J connectivity index is 1.58. The molecule has 0 spiro atoms. The van der Waals surface area contributed by atoms with Crippen molar-refractivity contribution in [2.45, 2.75) is 25.9 Å². The highest BCUT2D eigenvalue weighted by Gasteiger charge is 2.16. The number of ether oxygens (including phenoxy) is 1. The normalized spacial score (nSPS) is 14.5. The molecule has 0 bridgehead atoms. The van der Waals surface area contributed by atoms with E-state index in [1.165, 1.54) is 31.5 Å². The summed E-state index contributed by atoms with van der Waals surface area (Å²) in [6.45, 7) is 2.91. The van der Waals surface area contributed by atoms with E-state index in [-0.39, 0.29) is 0 Å². The molecule has 1 heterocycles. The second kappa shape index (κ2) is 8.18. The van der Waals surface area contributed by atoms with Gasteiger partial charge in [0.15, 0.2) is 0 Å². The van der Waals surface area contributed by atoms with E-state index >= 15 is 0 Å². The van der Waals surface area contributed by atoms with Crippen molar-refractivity contribution >= 4 is 27.5 Å². The summed E-state index contributed by atoms with van der Waals surface area (Å²) in [4.78, 5) is 0. The SMILES string of the molecule is Clc1ccc(COc2ccccc2CCCC2CNC2)c(Br)c1. The molecule has 0 aromatic heterocycles. The molecule has 1 N–H and O–H groups in total. The van der Waals surface area contributed by atoms with Gasteiger partial charge in [-0.25, -0.2) is 0 Å². The molecule has 1 saturated heterocycles. The second-order valence-electron chi connectivity index (χ2n) is 6.05. The van der Waals surface area contributed by atoms with Crippen LogP contribution in [0.5, 0.6) is 5.75 Å². The Hall–Kier alpha value is -1.03. The maximum atomic E-state index is 6.06. The topological polar surface area (TPSA) is 21.3 Å². The first kappa shape index (κ1) is 16.8. The van der Waals surface area contributed by atoms with Crippen LogP contribution < -0.4 is 10.1 Å². The Morgan fingerprint density at radius 3 is 2.70 bits per heavy atom. The average Bonchev–Trinajstić information content (AvgIpc) is 2.50. The maximum Gasteiger partial charge on any atom is 0.122 e. The van der Waals surface area contributed by atoms with Crippen LogP contribution in [0, 0.1) is 5.92 Å². The Kier molecular flexibility index (Phi) is 5.98. The average molecular weight is 395 g/mol. The Labute approximate surface area is 151 Å². The Bertz CT molecular complexity index is 658. The summed E-state index contributed by atoms with van der Waals surface area (Å²) in [5.74, 6) is 1.86. The highest BCUT2D eigenvalue weighted by atomic mass is 79.9. The number of hydrogen-bond acceptors (Lipinski definition) is 2. The van der Waals surface area contributed by atoms with Crippen LogP contribution in [-0.4, -0.2) is 13.1 Å². The maximum absolute atomic E-state index is 6.06. The van der Waals surface area contributed by atoms with Gasteiger partial charge in [0.05, 0.1) is 0 Å². The van der Waals surface area contributed by atoms with E-state index < -0.39 is 0 Å². The van der Waals surface area contributed by atoms with E-state index in [1.54, 1.807) is 0 Å². The molecule has 23 heavy (non-hydrogen) atoms. The van der Waals surface area contributed by atoms with Gasteiger partial charge in [-0.3, -0.25) is 0 Å². The van der Waals surface area contributed by atoms with Gasteiger partial charge in [0.2, 0.25) is 0 Å². The van der Waals surface area contributed by atoms with Crippen LogP contribution in [0.1, 0.15) is 24.0 Å². The van der Waals surface area contributed by atoms with Crippen molar-refractivity contribution in [1.82, 2.24) is 5.32 Å². The minimum absolute atomic E-state index is 0.543. The molecule has 0 atom stereocenters. The third kappa shape index (κ3) is 4.72. The van der Waals surface area contributed by atoms with Crippen molar-refractivity contribution in [1.29, 1.82) is 0 Å². The van der Waals surface area contributed by atoms with E-state index in [9.17, 15) is 0 Å². The smallest absolute Gasteiger partial charge is 0.122 e. The monoisotopic (exact) mass is 393 g/mol. The number of benzene rings is 2. The first-order chi connectivity index (χ1) is 11.2. The molecule has 4 heteroatoms. The van der Waals surface area contributed by atoms with Crippen molar-refractivity contribution < 1.29 is 4.74 Å². The van der Waals surface area contributed by atoms with Gasteiger partial charge in [-0.2, -0.15) is 0 Å². The predicted octanol–water partition coefficient (Wildman–Crippen LogP) is 5.22. The summed E-state index contributed by atoms with van der Waals surface area (Å²) >= 11 is 9.52. The lowest BCUT2D eigenvalue weighted by molar-refractivity contribution is 0.299. The van der Waals surface area contributed by atoms with Crippen LogP contribution >= 0.6 is 27.5 Å². The van der Waals surface area contributed by atoms with E-state index in [0.717, 1.165) is 33.1 Å². The van der Waals surface area contributed by atoms with E-state index in [0.29, 0.717) is 6.61 Å². The van der Waals surface area contributed by atoms with Crippen molar-refractivity contribution in [3.63, 3.8) is 0 Å². The van der Waals surface area contributed by atoms with Gasteiger partial charge < -0.3 is 10.1 Å². The molecular formula is C19H21BrClNO. The minimum atomic E-state index is 0.543. The molecule has 2 aromatic carbocycles.